The number of anilines is 1. The molecule has 4 nitrogen and oxygen atoms in total. The van der Waals surface area contributed by atoms with Crippen LogP contribution in [0.3, 0.4) is 0 Å². The molecule has 0 atom stereocenters. The van der Waals surface area contributed by atoms with Gasteiger partial charge in [-0.1, -0.05) is 12.1 Å². The van der Waals surface area contributed by atoms with Crippen molar-refractivity contribution in [2.45, 2.75) is 45.6 Å². The Morgan fingerprint density at radius 2 is 1.95 bits per heavy atom. The maximum atomic E-state index is 11.8. The van der Waals surface area contributed by atoms with Gasteiger partial charge in [0, 0.05) is 22.5 Å². The minimum Gasteiger partial charge on any atom is -0.399 e. The van der Waals surface area contributed by atoms with Gasteiger partial charge in [-0.3, -0.25) is 4.79 Å². The lowest BCUT2D eigenvalue weighted by Crippen LogP contribution is -2.31. The highest BCUT2D eigenvalue weighted by Gasteiger charge is 2.26. The number of carbonyl (C=O) groups excluding carboxylic acids is 1. The summed E-state index contributed by atoms with van der Waals surface area (Å²) >= 11 is 1.59. The van der Waals surface area contributed by atoms with E-state index in [0.717, 1.165) is 22.0 Å². The number of aromatic nitrogens is 1. The topological polar surface area (TPSA) is 68.0 Å². The van der Waals surface area contributed by atoms with Crippen LogP contribution in [-0.2, 0) is 16.6 Å². The lowest BCUT2D eigenvalue weighted by Gasteiger charge is -2.22. The van der Waals surface area contributed by atoms with Gasteiger partial charge in [-0.2, -0.15) is 0 Å². The number of benzene rings is 1. The number of nitrogens with zero attached hydrogens (tertiary/aromatic N) is 1. The monoisotopic (exact) mass is 317 g/mol. The Kier molecular flexibility index (Phi) is 4.86. The molecule has 0 unspecified atom stereocenters. The average molecular weight is 317 g/mol. The molecule has 1 aromatic heterocycles. The summed E-state index contributed by atoms with van der Waals surface area (Å²) in [4.78, 5) is 16.5. The fourth-order valence-electron chi connectivity index (χ4n) is 2.24. The van der Waals surface area contributed by atoms with Gasteiger partial charge in [0.1, 0.15) is 5.01 Å². The highest BCUT2D eigenvalue weighted by Crippen LogP contribution is 2.33. The van der Waals surface area contributed by atoms with Crippen LogP contribution in [0.25, 0.3) is 0 Å². The molecule has 0 aliphatic carbocycles. The van der Waals surface area contributed by atoms with Crippen LogP contribution in [0.15, 0.2) is 29.6 Å². The standard InChI is InChI=1S/C17H23N3OS/c1-11(2)19-15(21)9-14-10-22-16(20-14)17(3,4)12-5-7-13(18)8-6-12/h5-8,10-11H,9,18H2,1-4H3,(H,19,21). The highest BCUT2D eigenvalue weighted by atomic mass is 32.1. The normalized spacial score (nSPS) is 11.7. The number of hydrogen-bond acceptors (Lipinski definition) is 4. The number of thiazole rings is 1. The first-order valence-electron chi connectivity index (χ1n) is 7.39. The molecule has 1 aromatic carbocycles. The van der Waals surface area contributed by atoms with Crippen LogP contribution in [0.1, 0.15) is 44.0 Å². The first-order valence-corrected chi connectivity index (χ1v) is 8.27. The molecule has 0 aliphatic heterocycles. The molecule has 118 valence electrons. The molecule has 3 N–H and O–H groups in total. The van der Waals surface area contributed by atoms with Crippen LogP contribution in [0.4, 0.5) is 5.69 Å². The quantitative estimate of drug-likeness (QED) is 0.833. The minimum absolute atomic E-state index is 0.0112. The third-order valence-electron chi connectivity index (χ3n) is 3.51. The lowest BCUT2D eigenvalue weighted by atomic mass is 9.85. The van der Waals surface area contributed by atoms with Crippen molar-refractivity contribution >= 4 is 22.9 Å². The SMILES string of the molecule is CC(C)NC(=O)Cc1csc(C(C)(C)c2ccc(N)cc2)n1. The van der Waals surface area contributed by atoms with Crippen LogP contribution < -0.4 is 11.1 Å². The zero-order chi connectivity index (χ0) is 16.3. The number of amides is 1. The van der Waals surface area contributed by atoms with Crippen LogP contribution in [0.5, 0.6) is 0 Å². The van der Waals surface area contributed by atoms with Gasteiger partial charge < -0.3 is 11.1 Å². The summed E-state index contributed by atoms with van der Waals surface area (Å²) in [6.45, 7) is 8.17. The maximum Gasteiger partial charge on any atom is 0.226 e. The fraction of sp³-hybridized carbons (Fsp3) is 0.412. The van der Waals surface area contributed by atoms with Gasteiger partial charge in [0.05, 0.1) is 12.1 Å². The minimum atomic E-state index is -0.203. The third-order valence-corrected chi connectivity index (χ3v) is 4.72. The van der Waals surface area contributed by atoms with Crippen molar-refractivity contribution in [1.82, 2.24) is 10.3 Å². The van der Waals surface area contributed by atoms with E-state index in [9.17, 15) is 4.79 Å². The Hall–Kier alpha value is -1.88. The second-order valence-electron chi connectivity index (χ2n) is 6.29. The summed E-state index contributed by atoms with van der Waals surface area (Å²) in [5.74, 6) is 0.0112. The van der Waals surface area contributed by atoms with E-state index < -0.39 is 0 Å². The Balaban J connectivity index is 2.16. The molecule has 1 amide bonds. The zero-order valence-electron chi connectivity index (χ0n) is 13.5. The first kappa shape index (κ1) is 16.5. The van der Waals surface area contributed by atoms with Gasteiger partial charge >= 0.3 is 0 Å². The summed E-state index contributed by atoms with van der Waals surface area (Å²) < 4.78 is 0. The van der Waals surface area contributed by atoms with Crippen LogP contribution >= 0.6 is 11.3 Å². The van der Waals surface area contributed by atoms with Crippen molar-refractivity contribution in [3.63, 3.8) is 0 Å². The van der Waals surface area contributed by atoms with Gasteiger partial charge in [-0.15, -0.1) is 11.3 Å². The molecule has 0 fully saturated rings. The van der Waals surface area contributed by atoms with E-state index in [-0.39, 0.29) is 17.4 Å². The molecule has 1 heterocycles. The molecular formula is C17H23N3OS. The third kappa shape index (κ3) is 3.85. The van der Waals surface area contributed by atoms with E-state index >= 15 is 0 Å². The summed E-state index contributed by atoms with van der Waals surface area (Å²) in [7, 11) is 0. The van der Waals surface area contributed by atoms with E-state index in [1.807, 2.05) is 43.5 Å². The summed E-state index contributed by atoms with van der Waals surface area (Å²) in [6, 6.07) is 8.02. The Labute approximate surface area is 135 Å². The van der Waals surface area contributed by atoms with E-state index in [2.05, 4.69) is 24.1 Å². The van der Waals surface area contributed by atoms with Crippen molar-refractivity contribution in [3.05, 3.63) is 45.9 Å². The van der Waals surface area contributed by atoms with Gasteiger partial charge in [0.15, 0.2) is 0 Å². The van der Waals surface area contributed by atoms with Crippen molar-refractivity contribution in [1.29, 1.82) is 0 Å². The van der Waals surface area contributed by atoms with E-state index in [0.29, 0.717) is 6.42 Å². The molecule has 0 saturated carbocycles. The van der Waals surface area contributed by atoms with Crippen molar-refractivity contribution in [3.8, 4) is 0 Å². The van der Waals surface area contributed by atoms with Crippen molar-refractivity contribution in [2.24, 2.45) is 0 Å². The molecule has 5 heteroatoms. The number of carbonyl (C=O) groups is 1. The molecule has 0 saturated heterocycles. The number of nitrogens with one attached hydrogen (secondary N) is 1. The second-order valence-corrected chi connectivity index (χ2v) is 7.15. The van der Waals surface area contributed by atoms with Gasteiger partial charge in [0.25, 0.3) is 0 Å². The predicted molar refractivity (Wildman–Crippen MR) is 92.1 cm³/mol. The highest BCUT2D eigenvalue weighted by molar-refractivity contribution is 7.09. The Morgan fingerprint density at radius 1 is 1.32 bits per heavy atom. The first-order chi connectivity index (χ1) is 10.3. The van der Waals surface area contributed by atoms with Crippen LogP contribution in [0.2, 0.25) is 0 Å². The Morgan fingerprint density at radius 3 is 2.55 bits per heavy atom. The van der Waals surface area contributed by atoms with Gasteiger partial charge in [-0.05, 0) is 45.4 Å². The zero-order valence-corrected chi connectivity index (χ0v) is 14.3. The smallest absolute Gasteiger partial charge is 0.226 e. The van der Waals surface area contributed by atoms with Crippen LogP contribution in [0, 0.1) is 0 Å². The largest absolute Gasteiger partial charge is 0.399 e. The van der Waals surface area contributed by atoms with Gasteiger partial charge in [0.2, 0.25) is 5.91 Å². The van der Waals surface area contributed by atoms with Crippen molar-refractivity contribution < 1.29 is 4.79 Å². The molecule has 0 spiro atoms. The molecule has 0 aliphatic rings. The number of hydrogen-bond donors (Lipinski definition) is 2. The summed E-state index contributed by atoms with van der Waals surface area (Å²) in [5.41, 5.74) is 8.28. The molecule has 2 rings (SSSR count). The van der Waals surface area contributed by atoms with E-state index in [4.69, 9.17) is 5.73 Å². The molecule has 0 radical (unpaired) electrons. The lowest BCUT2D eigenvalue weighted by molar-refractivity contribution is -0.120. The van der Waals surface area contributed by atoms with Crippen molar-refractivity contribution in [2.75, 3.05) is 5.73 Å². The summed E-state index contributed by atoms with van der Waals surface area (Å²) in [5, 5.41) is 5.86. The van der Waals surface area contributed by atoms with Crippen LogP contribution in [-0.4, -0.2) is 16.9 Å². The predicted octanol–water partition coefficient (Wildman–Crippen LogP) is 3.12. The molecular weight excluding hydrogens is 294 g/mol. The molecule has 0 bridgehead atoms. The van der Waals surface area contributed by atoms with E-state index in [1.165, 1.54) is 0 Å². The summed E-state index contributed by atoms with van der Waals surface area (Å²) in [6.07, 6.45) is 0.326. The van der Waals surface area contributed by atoms with E-state index in [1.54, 1.807) is 11.3 Å². The molecule has 22 heavy (non-hydrogen) atoms. The maximum absolute atomic E-state index is 11.8. The Bertz CT molecular complexity index is 644. The fourth-order valence-corrected chi connectivity index (χ4v) is 3.20. The number of nitrogen functional groups attached to an aromatic ring is 1. The van der Waals surface area contributed by atoms with Gasteiger partial charge in [-0.25, -0.2) is 4.98 Å². The molecule has 2 aromatic rings. The number of nitrogens with two attached hydrogens (primary N) is 1. The second kappa shape index (κ2) is 6.48. The average Bonchev–Trinajstić information content (AvgIpc) is 2.87. The number of rotatable bonds is 5.